The van der Waals surface area contributed by atoms with Crippen molar-refractivity contribution in [3.05, 3.63) is 35.6 Å². The van der Waals surface area contributed by atoms with Gasteiger partial charge in [0.1, 0.15) is 5.82 Å². The maximum absolute atomic E-state index is 13.9. The Morgan fingerprint density at radius 2 is 1.88 bits per heavy atom. The van der Waals surface area contributed by atoms with E-state index in [2.05, 4.69) is 19.2 Å². The molecule has 1 nitrogen and oxygen atoms in total. The second kappa shape index (κ2) is 5.18. The lowest BCUT2D eigenvalue weighted by molar-refractivity contribution is 0.205. The van der Waals surface area contributed by atoms with Gasteiger partial charge in [-0.05, 0) is 24.0 Å². The zero-order chi connectivity index (χ0) is 12.3. The topological polar surface area (TPSA) is 12.0 Å². The summed E-state index contributed by atoms with van der Waals surface area (Å²) in [5, 5.41) is 3.31. The molecule has 0 atom stereocenters. The summed E-state index contributed by atoms with van der Waals surface area (Å²) in [5.74, 6) is 0.664. The summed E-state index contributed by atoms with van der Waals surface area (Å²) in [6.45, 7) is 6.31. The molecule has 0 radical (unpaired) electrons. The van der Waals surface area contributed by atoms with Crippen LogP contribution in [-0.2, 0) is 5.41 Å². The molecule has 1 N–H and O–H groups in total. The number of hydrogen-bond acceptors (Lipinski definition) is 1. The molecule has 94 valence electrons. The van der Waals surface area contributed by atoms with E-state index in [1.165, 1.54) is 12.8 Å². The first-order valence-electron chi connectivity index (χ1n) is 6.67. The minimum atomic E-state index is -0.0417. The Labute approximate surface area is 103 Å². The normalized spacial score (nSPS) is 18.1. The van der Waals surface area contributed by atoms with E-state index in [0.29, 0.717) is 5.92 Å². The van der Waals surface area contributed by atoms with E-state index in [0.717, 1.165) is 25.1 Å². The van der Waals surface area contributed by atoms with Crippen molar-refractivity contribution in [1.82, 2.24) is 5.32 Å². The summed E-state index contributed by atoms with van der Waals surface area (Å²) in [7, 11) is 0. The van der Waals surface area contributed by atoms with Gasteiger partial charge in [0.05, 0.1) is 0 Å². The average molecular weight is 235 g/mol. The molecule has 1 saturated heterocycles. The minimum Gasteiger partial charge on any atom is -0.315 e. The lowest BCUT2D eigenvalue weighted by Gasteiger charge is -2.45. The molecule has 1 aromatic rings. The predicted octanol–water partition coefficient (Wildman–Crippen LogP) is 3.49. The predicted molar refractivity (Wildman–Crippen MR) is 69.6 cm³/mol. The number of hydrogen-bond donors (Lipinski definition) is 1. The highest BCUT2D eigenvalue weighted by molar-refractivity contribution is 5.31. The molecule has 0 unspecified atom stereocenters. The summed E-state index contributed by atoms with van der Waals surface area (Å²) in [5.41, 5.74) is 0.952. The van der Waals surface area contributed by atoms with E-state index in [1.807, 2.05) is 12.1 Å². The van der Waals surface area contributed by atoms with E-state index in [1.54, 1.807) is 12.1 Å². The smallest absolute Gasteiger partial charge is 0.127 e. The maximum atomic E-state index is 13.9. The maximum Gasteiger partial charge on any atom is 0.127 e. The van der Waals surface area contributed by atoms with Crippen molar-refractivity contribution in [2.75, 3.05) is 13.1 Å². The SMILES string of the molecule is CCC(CC)CC1(c2ccccc2F)CNC1. The number of nitrogens with one attached hydrogen (secondary N) is 1. The lowest BCUT2D eigenvalue weighted by atomic mass is 9.68. The van der Waals surface area contributed by atoms with Crippen molar-refractivity contribution in [2.45, 2.75) is 38.5 Å². The first-order chi connectivity index (χ1) is 8.22. The molecule has 2 heteroatoms. The summed E-state index contributed by atoms with van der Waals surface area (Å²) < 4.78 is 13.9. The van der Waals surface area contributed by atoms with Crippen molar-refractivity contribution >= 4 is 0 Å². The van der Waals surface area contributed by atoms with Gasteiger partial charge in [-0.2, -0.15) is 0 Å². The highest BCUT2D eigenvalue weighted by Crippen LogP contribution is 2.38. The summed E-state index contributed by atoms with van der Waals surface area (Å²) >= 11 is 0. The molecular weight excluding hydrogens is 213 g/mol. The fourth-order valence-corrected chi connectivity index (χ4v) is 2.89. The van der Waals surface area contributed by atoms with E-state index < -0.39 is 0 Å². The van der Waals surface area contributed by atoms with E-state index in [9.17, 15) is 4.39 Å². The molecule has 1 fully saturated rings. The highest BCUT2D eigenvalue weighted by Gasteiger charge is 2.41. The van der Waals surface area contributed by atoms with Gasteiger partial charge in [-0.15, -0.1) is 0 Å². The largest absolute Gasteiger partial charge is 0.315 e. The van der Waals surface area contributed by atoms with Crippen LogP contribution in [-0.4, -0.2) is 13.1 Å². The zero-order valence-electron chi connectivity index (χ0n) is 10.8. The van der Waals surface area contributed by atoms with Crippen LogP contribution in [0.15, 0.2) is 24.3 Å². The average Bonchev–Trinajstić information content (AvgIpc) is 2.30. The monoisotopic (exact) mass is 235 g/mol. The Bertz CT molecular complexity index is 367. The Morgan fingerprint density at radius 1 is 1.24 bits per heavy atom. The molecule has 1 aliphatic rings. The Hall–Kier alpha value is -0.890. The fourth-order valence-electron chi connectivity index (χ4n) is 2.89. The van der Waals surface area contributed by atoms with Crippen LogP contribution in [0.1, 0.15) is 38.7 Å². The van der Waals surface area contributed by atoms with Crippen molar-refractivity contribution in [3.8, 4) is 0 Å². The number of rotatable bonds is 5. The molecule has 0 bridgehead atoms. The van der Waals surface area contributed by atoms with Crippen LogP contribution in [0.25, 0.3) is 0 Å². The lowest BCUT2D eigenvalue weighted by Crippen LogP contribution is -2.58. The third-order valence-corrected chi connectivity index (χ3v) is 4.21. The molecule has 0 aromatic heterocycles. The Kier molecular flexibility index (Phi) is 3.82. The molecule has 1 heterocycles. The molecule has 17 heavy (non-hydrogen) atoms. The zero-order valence-corrected chi connectivity index (χ0v) is 10.8. The van der Waals surface area contributed by atoms with Crippen molar-refractivity contribution in [3.63, 3.8) is 0 Å². The summed E-state index contributed by atoms with van der Waals surface area (Å²) in [6.07, 6.45) is 3.48. The van der Waals surface area contributed by atoms with E-state index >= 15 is 0 Å². The van der Waals surface area contributed by atoms with Gasteiger partial charge in [0, 0.05) is 18.5 Å². The molecule has 0 aliphatic carbocycles. The molecule has 0 spiro atoms. The van der Waals surface area contributed by atoms with Gasteiger partial charge < -0.3 is 5.32 Å². The molecule has 2 rings (SSSR count). The molecule has 0 amide bonds. The second-order valence-corrected chi connectivity index (χ2v) is 5.25. The van der Waals surface area contributed by atoms with Crippen molar-refractivity contribution < 1.29 is 4.39 Å². The molecular formula is C15H22FN. The van der Waals surface area contributed by atoms with Crippen molar-refractivity contribution in [2.24, 2.45) is 5.92 Å². The van der Waals surface area contributed by atoms with Gasteiger partial charge in [-0.1, -0.05) is 44.9 Å². The van der Waals surface area contributed by atoms with Crippen LogP contribution in [0, 0.1) is 11.7 Å². The van der Waals surface area contributed by atoms with Gasteiger partial charge in [0.2, 0.25) is 0 Å². The van der Waals surface area contributed by atoms with Crippen LogP contribution < -0.4 is 5.32 Å². The minimum absolute atomic E-state index is 0.0417. The molecule has 1 aliphatic heterocycles. The quantitative estimate of drug-likeness (QED) is 0.823. The van der Waals surface area contributed by atoms with Gasteiger partial charge >= 0.3 is 0 Å². The first-order valence-corrected chi connectivity index (χ1v) is 6.67. The van der Waals surface area contributed by atoms with E-state index in [-0.39, 0.29) is 11.2 Å². The van der Waals surface area contributed by atoms with Gasteiger partial charge in [0.25, 0.3) is 0 Å². The third-order valence-electron chi connectivity index (χ3n) is 4.21. The van der Waals surface area contributed by atoms with Gasteiger partial charge in [-0.3, -0.25) is 0 Å². The standard InChI is InChI=1S/C15H22FN/c1-3-12(4-2)9-15(10-17-11-15)13-7-5-6-8-14(13)16/h5-8,12,17H,3-4,9-11H2,1-2H3. The Balaban J connectivity index is 2.23. The van der Waals surface area contributed by atoms with Crippen LogP contribution in [0.4, 0.5) is 4.39 Å². The Morgan fingerprint density at radius 3 is 2.35 bits per heavy atom. The van der Waals surface area contributed by atoms with Crippen LogP contribution in [0.3, 0.4) is 0 Å². The first kappa shape index (κ1) is 12.6. The van der Waals surface area contributed by atoms with Gasteiger partial charge in [-0.25, -0.2) is 4.39 Å². The van der Waals surface area contributed by atoms with Gasteiger partial charge in [0.15, 0.2) is 0 Å². The summed E-state index contributed by atoms with van der Waals surface area (Å²) in [6, 6.07) is 7.27. The van der Waals surface area contributed by atoms with E-state index in [4.69, 9.17) is 0 Å². The second-order valence-electron chi connectivity index (χ2n) is 5.25. The fraction of sp³-hybridized carbons (Fsp3) is 0.600. The number of benzene rings is 1. The summed E-state index contributed by atoms with van der Waals surface area (Å²) in [4.78, 5) is 0. The third kappa shape index (κ3) is 2.37. The van der Waals surface area contributed by atoms with Crippen molar-refractivity contribution in [1.29, 1.82) is 0 Å². The molecule has 0 saturated carbocycles. The van der Waals surface area contributed by atoms with Crippen LogP contribution in [0.5, 0.6) is 0 Å². The van der Waals surface area contributed by atoms with Crippen LogP contribution in [0.2, 0.25) is 0 Å². The van der Waals surface area contributed by atoms with Crippen LogP contribution >= 0.6 is 0 Å². The molecule has 1 aromatic carbocycles. The number of halogens is 1. The highest BCUT2D eigenvalue weighted by atomic mass is 19.1.